The summed E-state index contributed by atoms with van der Waals surface area (Å²) in [6.45, 7) is -13.1. The third kappa shape index (κ3) is 7.88. The van der Waals surface area contributed by atoms with Gasteiger partial charge in [-0.1, -0.05) is 6.07 Å². The molecule has 9 nitrogen and oxygen atoms in total. The van der Waals surface area contributed by atoms with E-state index in [2.05, 4.69) is 20.6 Å². The number of aryl methyl sites for hydroxylation is 1. The van der Waals surface area contributed by atoms with E-state index in [1.165, 1.54) is 23.1 Å². The van der Waals surface area contributed by atoms with Crippen LogP contribution in [-0.4, -0.2) is 55.0 Å². The van der Waals surface area contributed by atoms with Crippen molar-refractivity contribution in [1.29, 1.82) is 0 Å². The molecule has 1 aliphatic rings. The molecule has 3 N–H and O–H groups in total. The Balaban J connectivity index is 1.47. The van der Waals surface area contributed by atoms with Gasteiger partial charge in [0.2, 0.25) is 16.0 Å². The number of anilines is 4. The minimum Gasteiger partial charge on any atom is -0.492 e. The maximum atomic E-state index is 13.3. The second kappa shape index (κ2) is 11.5. The molecule has 1 aromatic heterocycles. The van der Waals surface area contributed by atoms with Crippen LogP contribution in [-0.2, 0) is 10.0 Å². The van der Waals surface area contributed by atoms with Gasteiger partial charge in [0.05, 0.1) is 4.90 Å². The lowest BCUT2D eigenvalue weighted by Crippen LogP contribution is -2.40. The van der Waals surface area contributed by atoms with E-state index < -0.39 is 54.0 Å². The molecule has 0 unspecified atom stereocenters. The number of rotatable bonds is 10. The number of nitrogens with zero attached hydrogens (tertiary/aromatic N) is 3. The van der Waals surface area contributed by atoms with E-state index in [1.54, 1.807) is 31.2 Å². The van der Waals surface area contributed by atoms with Crippen LogP contribution in [0, 0.1) is 6.92 Å². The Morgan fingerprint density at radius 2 is 1.84 bits per heavy atom. The first-order valence-electron chi connectivity index (χ1n) is 17.8. The van der Waals surface area contributed by atoms with E-state index >= 15 is 0 Å². The van der Waals surface area contributed by atoms with Crippen LogP contribution in [0.25, 0.3) is 0 Å². The van der Waals surface area contributed by atoms with Gasteiger partial charge in [-0.3, -0.25) is 4.90 Å². The lowest BCUT2D eigenvalue weighted by molar-refractivity contribution is 0.238. The lowest BCUT2D eigenvalue weighted by atomic mass is 10.1. The minimum absolute atomic E-state index is 0.0613. The minimum atomic E-state index is -5.03. The summed E-state index contributed by atoms with van der Waals surface area (Å²) in [6.07, 6.45) is 1.69. The second-order valence-corrected chi connectivity index (χ2v) is 9.88. The molecule has 0 radical (unpaired) electrons. The van der Waals surface area contributed by atoms with E-state index in [-0.39, 0.29) is 43.4 Å². The van der Waals surface area contributed by atoms with Gasteiger partial charge in [-0.15, -0.1) is 0 Å². The fraction of sp³-hybridized carbons (Fsp3) is 0.407. The van der Waals surface area contributed by atoms with Crippen LogP contribution in [0.15, 0.2) is 59.6 Å². The third-order valence-corrected chi connectivity index (χ3v) is 6.54. The summed E-state index contributed by atoms with van der Waals surface area (Å²) in [4.78, 5) is 9.23. The van der Waals surface area contributed by atoms with E-state index in [4.69, 9.17) is 22.6 Å². The Labute approximate surface area is 238 Å². The fourth-order valence-electron chi connectivity index (χ4n) is 3.38. The summed E-state index contributed by atoms with van der Waals surface area (Å²) >= 11 is 0. The van der Waals surface area contributed by atoms with Gasteiger partial charge in [-0.25, -0.2) is 18.1 Å². The van der Waals surface area contributed by atoms with Crippen LogP contribution < -0.4 is 20.1 Å². The first kappa shape index (κ1) is 14.7. The van der Waals surface area contributed by atoms with Gasteiger partial charge in [0.25, 0.3) is 0 Å². The van der Waals surface area contributed by atoms with Crippen molar-refractivity contribution in [3.8, 4) is 5.75 Å². The van der Waals surface area contributed by atoms with Crippen LogP contribution in [0.1, 0.15) is 56.8 Å². The molecular weight excluding hydrogens is 488 g/mol. The Kier molecular flexibility index (Phi) is 4.54. The van der Waals surface area contributed by atoms with Crippen molar-refractivity contribution in [2.75, 3.05) is 36.8 Å². The van der Waals surface area contributed by atoms with E-state index in [0.717, 1.165) is 17.0 Å². The Hall–Kier alpha value is -3.21. The van der Waals surface area contributed by atoms with Gasteiger partial charge in [-0.05, 0) is 95.8 Å². The largest absolute Gasteiger partial charge is 0.492 e. The molecule has 3 aromatic rings. The molecule has 2 aromatic carbocycles. The molecule has 0 saturated carbocycles. The number of benzene rings is 2. The predicted molar refractivity (Wildman–Crippen MR) is 147 cm³/mol. The monoisotopic (exact) mass is 537 g/mol. The van der Waals surface area contributed by atoms with Crippen molar-refractivity contribution in [3.05, 3.63) is 60.3 Å². The second-order valence-electron chi connectivity index (χ2n) is 8.20. The van der Waals surface area contributed by atoms with Gasteiger partial charge in [-0.2, -0.15) is 4.98 Å². The van der Waals surface area contributed by atoms with Crippen LogP contribution in [0.5, 0.6) is 5.75 Å². The zero-order chi connectivity index (χ0) is 37.6. The van der Waals surface area contributed by atoms with Crippen molar-refractivity contribution in [2.45, 2.75) is 50.8 Å². The van der Waals surface area contributed by atoms with E-state index in [0.29, 0.717) is 17.0 Å². The predicted octanol–water partition coefficient (Wildman–Crippen LogP) is 4.82. The van der Waals surface area contributed by atoms with Gasteiger partial charge in [0, 0.05) is 53.0 Å². The molecule has 1 saturated heterocycles. The summed E-state index contributed by atoms with van der Waals surface area (Å²) in [5.41, 5.74) is -2.55. The summed E-state index contributed by atoms with van der Waals surface area (Å²) in [5.74, 6) is 0.864. The summed E-state index contributed by atoms with van der Waals surface area (Å²) in [6, 6.07) is 11.5. The first-order valence-corrected chi connectivity index (χ1v) is 12.8. The highest BCUT2D eigenvalue weighted by Gasteiger charge is 2.22. The highest BCUT2D eigenvalue weighted by Crippen LogP contribution is 2.24. The molecule has 2 heterocycles. The maximum Gasteiger partial charge on any atom is 0.241 e. The van der Waals surface area contributed by atoms with E-state index in [1.807, 2.05) is 0 Å². The van der Waals surface area contributed by atoms with Crippen LogP contribution in [0.4, 0.5) is 23.1 Å². The molecule has 0 aliphatic carbocycles. The Morgan fingerprint density at radius 1 is 1.08 bits per heavy atom. The highest BCUT2D eigenvalue weighted by atomic mass is 32.2. The fourth-order valence-corrected chi connectivity index (χ4v) is 4.44. The Morgan fingerprint density at radius 3 is 2.57 bits per heavy atom. The molecule has 198 valence electrons. The molecule has 37 heavy (non-hydrogen) atoms. The average Bonchev–Trinajstić information content (AvgIpc) is 3.19. The van der Waals surface area contributed by atoms with Crippen molar-refractivity contribution >= 4 is 33.2 Å². The maximum absolute atomic E-state index is 13.3. The molecule has 10 heteroatoms. The quantitative estimate of drug-likeness (QED) is 0.338. The summed E-state index contributed by atoms with van der Waals surface area (Å²) in [7, 11) is -5.03. The molecule has 0 atom stereocenters. The molecule has 1 aliphatic heterocycles. The van der Waals surface area contributed by atoms with E-state index in [9.17, 15) is 8.42 Å². The van der Waals surface area contributed by atoms with Crippen molar-refractivity contribution in [3.63, 3.8) is 0 Å². The highest BCUT2D eigenvalue weighted by molar-refractivity contribution is 7.89. The van der Waals surface area contributed by atoms with Gasteiger partial charge < -0.3 is 15.4 Å². The smallest absolute Gasteiger partial charge is 0.241 e. The zero-order valence-corrected chi connectivity index (χ0v) is 20.8. The molecular formula is C27H36N6O3S. The number of nitrogens with one attached hydrogen (secondary N) is 3. The van der Waals surface area contributed by atoms with Crippen LogP contribution >= 0.6 is 0 Å². The normalized spacial score (nSPS) is 23.4. The lowest BCUT2D eigenvalue weighted by Gasteiger charge is -2.20. The number of aromatic nitrogens is 2. The topological polar surface area (TPSA) is 108 Å². The third-order valence-electron chi connectivity index (χ3n) is 5.09. The summed E-state index contributed by atoms with van der Waals surface area (Å²) < 4.78 is 135. The van der Waals surface area contributed by atoms with Gasteiger partial charge in [0.15, 0.2) is 0 Å². The number of ether oxygens (including phenoxy) is 1. The van der Waals surface area contributed by atoms with Gasteiger partial charge in [0.1, 0.15) is 18.2 Å². The molecule has 0 amide bonds. The van der Waals surface area contributed by atoms with Gasteiger partial charge >= 0.3 is 0 Å². The van der Waals surface area contributed by atoms with Crippen molar-refractivity contribution in [1.82, 2.24) is 19.6 Å². The molecule has 1 fully saturated rings. The molecule has 0 bridgehead atoms. The molecule has 4 rings (SSSR count). The first-order chi connectivity index (χ1) is 22.8. The standard InChI is InChI=1S/C27H36N6O3S/c1-20-19-28-26(30-21-10-12-23(13-11-21)36-17-16-33-14-5-6-15-33)31-25(20)29-22-8-7-9-24(18-22)37(34,35)32-27(2,3)4/h7-13,18-19,32H,5-6,14-17H2,1-4H3,(H2,28,29,30,31)/i2D3,3D3,4D3,14D2,15D2. The molecule has 0 spiro atoms. The SMILES string of the molecule is [2H]C1([2H])CCC([2H])([2H])N1CCOc1ccc(Nc2ncc(C)c(Nc3cccc(S(=O)(=O)NC(C([2H])([2H])[2H])(C([2H])([2H])[2H])C([2H])([2H])[2H])c3)n2)cc1. The number of sulfonamides is 1. The van der Waals surface area contributed by atoms with Crippen molar-refractivity contribution in [2.24, 2.45) is 0 Å². The van der Waals surface area contributed by atoms with Crippen LogP contribution in [0.2, 0.25) is 0 Å². The average molecular weight is 538 g/mol. The zero-order valence-electron chi connectivity index (χ0n) is 33.0. The number of hydrogen-bond acceptors (Lipinski definition) is 8. The number of likely N-dealkylation sites (tertiary alicyclic amines) is 1. The van der Waals surface area contributed by atoms with Crippen LogP contribution in [0.3, 0.4) is 0 Å². The number of hydrogen-bond donors (Lipinski definition) is 3. The van der Waals surface area contributed by atoms with Crippen molar-refractivity contribution < 1.29 is 31.0 Å². The Bertz CT molecular complexity index is 1730. The summed E-state index contributed by atoms with van der Waals surface area (Å²) in [5, 5.41) is 5.96.